The smallest absolute Gasteiger partial charge is 0.134 e. The van der Waals surface area contributed by atoms with Crippen molar-refractivity contribution in [2.45, 2.75) is 13.3 Å². The number of hydrogen-bond donors (Lipinski definition) is 0. The molecule has 1 nitrogen and oxygen atoms in total. The molecule has 0 N–H and O–H groups in total. The molecule has 0 bridgehead atoms. The van der Waals surface area contributed by atoms with Gasteiger partial charge in [-0.3, -0.25) is 0 Å². The maximum atomic E-state index is 5.26. The van der Waals surface area contributed by atoms with Crippen LogP contribution in [-0.4, -0.2) is 7.11 Å². The summed E-state index contributed by atoms with van der Waals surface area (Å²) < 4.78 is 7.61. The van der Waals surface area contributed by atoms with Crippen molar-refractivity contribution in [1.82, 2.24) is 0 Å². The molecule has 74 valence electrons. The quantitative estimate of drug-likeness (QED) is 0.794. The number of hydrogen-bond acceptors (Lipinski definition) is 2. The van der Waals surface area contributed by atoms with Gasteiger partial charge in [-0.2, -0.15) is 0 Å². The van der Waals surface area contributed by atoms with E-state index in [2.05, 4.69) is 34.3 Å². The zero-order chi connectivity index (χ0) is 10.1. The Labute approximate surface area is 95.8 Å². The van der Waals surface area contributed by atoms with Crippen LogP contribution >= 0.6 is 27.3 Å². The van der Waals surface area contributed by atoms with Crippen LogP contribution in [0.4, 0.5) is 0 Å². The summed E-state index contributed by atoms with van der Waals surface area (Å²) in [6.07, 6.45) is 1.08. The molecule has 0 spiro atoms. The molecule has 0 radical (unpaired) electrons. The van der Waals surface area contributed by atoms with Gasteiger partial charge in [0.05, 0.1) is 16.3 Å². The topological polar surface area (TPSA) is 9.23 Å². The summed E-state index contributed by atoms with van der Waals surface area (Å²) in [6, 6.07) is 4.15. The average Bonchev–Trinajstić information content (AvgIpc) is 2.62. The summed E-state index contributed by atoms with van der Waals surface area (Å²) >= 11 is 5.34. The number of thiophene rings is 1. The lowest BCUT2D eigenvalue weighted by molar-refractivity contribution is 0.413. The molecule has 0 unspecified atom stereocenters. The molecule has 14 heavy (non-hydrogen) atoms. The summed E-state index contributed by atoms with van der Waals surface area (Å²) in [7, 11) is 1.69. The van der Waals surface area contributed by atoms with E-state index in [1.807, 2.05) is 6.07 Å². The third-order valence-corrected chi connectivity index (χ3v) is 4.44. The summed E-state index contributed by atoms with van der Waals surface area (Å²) in [5, 5.41) is 3.56. The highest BCUT2D eigenvalue weighted by molar-refractivity contribution is 9.10. The van der Waals surface area contributed by atoms with E-state index in [4.69, 9.17) is 4.74 Å². The molecule has 0 saturated heterocycles. The minimum absolute atomic E-state index is 0.905. The Kier molecular flexibility index (Phi) is 2.79. The Morgan fingerprint density at radius 2 is 2.21 bits per heavy atom. The SMILES string of the molecule is CCc1csc2c(Br)c(OC)ccc12. The third kappa shape index (κ3) is 1.44. The average molecular weight is 271 g/mol. The fourth-order valence-corrected chi connectivity index (χ4v) is 3.40. The Hall–Kier alpha value is -0.540. The van der Waals surface area contributed by atoms with Crippen molar-refractivity contribution in [3.63, 3.8) is 0 Å². The first-order valence-electron chi connectivity index (χ1n) is 4.50. The van der Waals surface area contributed by atoms with Gasteiger partial charge in [-0.05, 0) is 50.8 Å². The standard InChI is InChI=1S/C11H11BrOS/c1-3-7-6-14-11-8(7)4-5-9(13-2)10(11)12/h4-6H,3H2,1-2H3. The fraction of sp³-hybridized carbons (Fsp3) is 0.273. The molecule has 1 aromatic heterocycles. The summed E-state index contributed by atoms with van der Waals surface area (Å²) in [5.74, 6) is 0.905. The summed E-state index contributed by atoms with van der Waals surface area (Å²) in [5.41, 5.74) is 1.41. The highest BCUT2D eigenvalue weighted by Gasteiger charge is 2.09. The van der Waals surface area contributed by atoms with Crippen LogP contribution in [0.2, 0.25) is 0 Å². The van der Waals surface area contributed by atoms with Crippen LogP contribution in [0.1, 0.15) is 12.5 Å². The lowest BCUT2D eigenvalue weighted by Gasteiger charge is -2.03. The van der Waals surface area contributed by atoms with E-state index in [9.17, 15) is 0 Å². The highest BCUT2D eigenvalue weighted by Crippen LogP contribution is 2.38. The molecule has 0 fully saturated rings. The molecular weight excluding hydrogens is 260 g/mol. The first-order chi connectivity index (χ1) is 6.77. The second kappa shape index (κ2) is 3.91. The number of rotatable bonds is 2. The van der Waals surface area contributed by atoms with Gasteiger partial charge in [0.2, 0.25) is 0 Å². The van der Waals surface area contributed by atoms with Gasteiger partial charge in [0.15, 0.2) is 0 Å². The van der Waals surface area contributed by atoms with Crippen LogP contribution in [-0.2, 0) is 6.42 Å². The molecule has 3 heteroatoms. The van der Waals surface area contributed by atoms with Gasteiger partial charge in [0, 0.05) is 0 Å². The van der Waals surface area contributed by atoms with Crippen LogP contribution < -0.4 is 4.74 Å². The minimum Gasteiger partial charge on any atom is -0.496 e. The molecule has 1 aromatic carbocycles. The van der Waals surface area contributed by atoms with Gasteiger partial charge in [0.1, 0.15) is 5.75 Å². The van der Waals surface area contributed by atoms with E-state index in [0.29, 0.717) is 0 Å². The van der Waals surface area contributed by atoms with Crippen LogP contribution in [0.15, 0.2) is 22.0 Å². The third-order valence-electron chi connectivity index (χ3n) is 2.33. The lowest BCUT2D eigenvalue weighted by atomic mass is 10.1. The predicted molar refractivity (Wildman–Crippen MR) is 65.5 cm³/mol. The van der Waals surface area contributed by atoms with Crippen molar-refractivity contribution >= 4 is 37.4 Å². The van der Waals surface area contributed by atoms with Gasteiger partial charge in [-0.25, -0.2) is 0 Å². The van der Waals surface area contributed by atoms with Gasteiger partial charge >= 0.3 is 0 Å². The van der Waals surface area contributed by atoms with Gasteiger partial charge < -0.3 is 4.74 Å². The van der Waals surface area contributed by atoms with E-state index in [0.717, 1.165) is 16.6 Å². The number of halogens is 1. The van der Waals surface area contributed by atoms with E-state index in [-0.39, 0.29) is 0 Å². The zero-order valence-corrected chi connectivity index (χ0v) is 10.5. The maximum Gasteiger partial charge on any atom is 0.134 e. The zero-order valence-electron chi connectivity index (χ0n) is 8.13. The number of methoxy groups -OCH3 is 1. The van der Waals surface area contributed by atoms with Crippen LogP contribution in [0.25, 0.3) is 10.1 Å². The Balaban J connectivity index is 2.72. The van der Waals surface area contributed by atoms with Gasteiger partial charge in [0.25, 0.3) is 0 Å². The molecule has 0 aliphatic carbocycles. The molecular formula is C11H11BrOS. The largest absolute Gasteiger partial charge is 0.496 e. The van der Waals surface area contributed by atoms with E-state index in [1.54, 1.807) is 18.4 Å². The van der Waals surface area contributed by atoms with Crippen LogP contribution in [0.5, 0.6) is 5.75 Å². The first-order valence-corrected chi connectivity index (χ1v) is 6.17. The first kappa shape index (κ1) is 9.99. The Bertz CT molecular complexity index is 462. The lowest BCUT2D eigenvalue weighted by Crippen LogP contribution is -1.84. The van der Waals surface area contributed by atoms with Crippen molar-refractivity contribution < 1.29 is 4.74 Å². The second-order valence-corrected chi connectivity index (χ2v) is 4.75. The van der Waals surface area contributed by atoms with Gasteiger partial charge in [-0.1, -0.05) is 6.92 Å². The number of fused-ring (bicyclic) bond motifs is 1. The highest BCUT2D eigenvalue weighted by atomic mass is 79.9. The van der Waals surface area contributed by atoms with E-state index >= 15 is 0 Å². The minimum atomic E-state index is 0.905. The van der Waals surface area contributed by atoms with Crippen LogP contribution in [0.3, 0.4) is 0 Å². The Morgan fingerprint density at radius 3 is 2.86 bits per heavy atom. The number of benzene rings is 1. The number of aryl methyl sites for hydroxylation is 1. The van der Waals surface area contributed by atoms with Crippen molar-refractivity contribution in [2.24, 2.45) is 0 Å². The summed E-state index contributed by atoms with van der Waals surface area (Å²) in [4.78, 5) is 0. The van der Waals surface area contributed by atoms with E-state index < -0.39 is 0 Å². The monoisotopic (exact) mass is 270 g/mol. The van der Waals surface area contributed by atoms with Crippen molar-refractivity contribution in [3.05, 3.63) is 27.5 Å². The molecule has 0 aliphatic rings. The fourth-order valence-electron chi connectivity index (χ4n) is 1.53. The molecule has 2 rings (SSSR count). The molecule has 2 aromatic rings. The molecule has 0 atom stereocenters. The number of ether oxygens (including phenoxy) is 1. The van der Waals surface area contributed by atoms with Crippen molar-refractivity contribution in [1.29, 1.82) is 0 Å². The van der Waals surface area contributed by atoms with E-state index in [1.165, 1.54) is 15.6 Å². The van der Waals surface area contributed by atoms with Crippen molar-refractivity contribution in [3.8, 4) is 5.75 Å². The van der Waals surface area contributed by atoms with Crippen molar-refractivity contribution in [2.75, 3.05) is 7.11 Å². The molecule has 1 heterocycles. The van der Waals surface area contributed by atoms with Gasteiger partial charge in [-0.15, -0.1) is 11.3 Å². The molecule has 0 saturated carbocycles. The molecule has 0 amide bonds. The Morgan fingerprint density at radius 1 is 1.43 bits per heavy atom. The second-order valence-electron chi connectivity index (χ2n) is 3.07. The summed E-state index contributed by atoms with van der Waals surface area (Å²) in [6.45, 7) is 2.18. The molecule has 0 aliphatic heterocycles. The maximum absolute atomic E-state index is 5.26. The van der Waals surface area contributed by atoms with Crippen LogP contribution in [0, 0.1) is 0 Å². The predicted octanol–water partition coefficient (Wildman–Crippen LogP) is 4.23. The normalized spacial score (nSPS) is 10.8.